The van der Waals surface area contributed by atoms with Crippen LogP contribution >= 0.6 is 0 Å². The molecule has 0 saturated carbocycles. The van der Waals surface area contributed by atoms with Gasteiger partial charge in [-0.15, -0.1) is 0 Å². The van der Waals surface area contributed by atoms with Gasteiger partial charge in [-0.1, -0.05) is 40.7 Å². The van der Waals surface area contributed by atoms with E-state index in [9.17, 15) is 0 Å². The fourth-order valence-corrected chi connectivity index (χ4v) is 2.51. The number of methoxy groups -OCH3 is 1. The molecule has 1 aliphatic rings. The molecule has 0 N–H and O–H groups in total. The molecule has 0 spiro atoms. The maximum absolute atomic E-state index is 5.71. The lowest BCUT2D eigenvalue weighted by atomic mass is 9.87. The molecule has 21 heavy (non-hydrogen) atoms. The SMILES string of the molecule is CO[C@@H](c1cccc(C2=N[C@@H](C(C)C)CO2)n1)C(C)(C)C. The minimum atomic E-state index is -0.0552. The summed E-state index contributed by atoms with van der Waals surface area (Å²) >= 11 is 0. The van der Waals surface area contributed by atoms with Gasteiger partial charge in [0.15, 0.2) is 0 Å². The maximum Gasteiger partial charge on any atom is 0.235 e. The Morgan fingerprint density at radius 1 is 1.29 bits per heavy atom. The van der Waals surface area contributed by atoms with E-state index in [2.05, 4.69) is 39.6 Å². The lowest BCUT2D eigenvalue weighted by Crippen LogP contribution is -2.22. The molecule has 0 aliphatic carbocycles. The third-order valence-electron chi connectivity index (χ3n) is 3.72. The number of pyridine rings is 1. The molecule has 0 amide bonds. The van der Waals surface area contributed by atoms with Crippen molar-refractivity contribution in [1.29, 1.82) is 0 Å². The van der Waals surface area contributed by atoms with Crippen molar-refractivity contribution in [3.05, 3.63) is 29.6 Å². The number of aliphatic imine (C=N–C) groups is 1. The van der Waals surface area contributed by atoms with E-state index in [4.69, 9.17) is 14.5 Å². The third kappa shape index (κ3) is 3.62. The fraction of sp³-hybridized carbons (Fsp3) is 0.647. The van der Waals surface area contributed by atoms with E-state index in [0.29, 0.717) is 18.4 Å². The van der Waals surface area contributed by atoms with Crippen LogP contribution in [0.3, 0.4) is 0 Å². The first-order valence-corrected chi connectivity index (χ1v) is 7.53. The molecule has 1 aliphatic heterocycles. The van der Waals surface area contributed by atoms with Gasteiger partial charge in [-0.25, -0.2) is 9.98 Å². The van der Waals surface area contributed by atoms with Crippen molar-refractivity contribution in [3.8, 4) is 0 Å². The van der Waals surface area contributed by atoms with Crippen LogP contribution in [0.15, 0.2) is 23.2 Å². The molecule has 0 fully saturated rings. The van der Waals surface area contributed by atoms with E-state index in [0.717, 1.165) is 11.4 Å². The number of rotatable bonds is 4. The second kappa shape index (κ2) is 6.14. The van der Waals surface area contributed by atoms with E-state index in [1.165, 1.54) is 0 Å². The number of aromatic nitrogens is 1. The molecule has 1 aromatic rings. The van der Waals surface area contributed by atoms with Crippen LogP contribution in [-0.4, -0.2) is 30.6 Å². The van der Waals surface area contributed by atoms with Gasteiger partial charge < -0.3 is 9.47 Å². The van der Waals surface area contributed by atoms with Crippen molar-refractivity contribution in [1.82, 2.24) is 4.98 Å². The summed E-state index contributed by atoms with van der Waals surface area (Å²) in [6.45, 7) is 11.4. The smallest absolute Gasteiger partial charge is 0.235 e. The van der Waals surface area contributed by atoms with Gasteiger partial charge >= 0.3 is 0 Å². The predicted octanol–water partition coefficient (Wildman–Crippen LogP) is 3.62. The van der Waals surface area contributed by atoms with Gasteiger partial charge in [0.05, 0.1) is 11.7 Å². The van der Waals surface area contributed by atoms with E-state index in [1.807, 2.05) is 18.2 Å². The molecule has 4 nitrogen and oxygen atoms in total. The van der Waals surface area contributed by atoms with Gasteiger partial charge in [-0.05, 0) is 23.5 Å². The van der Waals surface area contributed by atoms with Crippen LogP contribution in [0.5, 0.6) is 0 Å². The summed E-state index contributed by atoms with van der Waals surface area (Å²) in [6, 6.07) is 6.16. The van der Waals surface area contributed by atoms with Crippen LogP contribution in [-0.2, 0) is 9.47 Å². The minimum absolute atomic E-state index is 0.0147. The van der Waals surface area contributed by atoms with Crippen LogP contribution in [0.1, 0.15) is 52.1 Å². The quantitative estimate of drug-likeness (QED) is 0.850. The number of nitrogens with zero attached hydrogens (tertiary/aromatic N) is 2. The first-order chi connectivity index (χ1) is 9.82. The summed E-state index contributed by atoms with van der Waals surface area (Å²) in [6.07, 6.45) is -0.0552. The number of hydrogen-bond donors (Lipinski definition) is 0. The van der Waals surface area contributed by atoms with Crippen LogP contribution in [0.25, 0.3) is 0 Å². The number of ether oxygens (including phenoxy) is 2. The largest absolute Gasteiger partial charge is 0.474 e. The molecular weight excluding hydrogens is 264 g/mol. The standard InChI is InChI=1S/C17H26N2O2/c1-11(2)14-10-21-16(19-14)13-9-7-8-12(18-13)15(20-6)17(3,4)5/h7-9,11,14-15H,10H2,1-6H3/t14-,15+/m1/s1. The highest BCUT2D eigenvalue weighted by Crippen LogP contribution is 2.34. The van der Waals surface area contributed by atoms with Crippen LogP contribution in [0, 0.1) is 11.3 Å². The Kier molecular flexibility index (Phi) is 4.67. The summed E-state index contributed by atoms with van der Waals surface area (Å²) in [4.78, 5) is 9.34. The monoisotopic (exact) mass is 290 g/mol. The van der Waals surface area contributed by atoms with Gasteiger partial charge in [0.1, 0.15) is 18.4 Å². The number of hydrogen-bond acceptors (Lipinski definition) is 4. The molecule has 2 heterocycles. The summed E-state index contributed by atoms with van der Waals surface area (Å²) in [5.74, 6) is 1.13. The Balaban J connectivity index is 2.28. The molecule has 0 unspecified atom stereocenters. The first kappa shape index (κ1) is 16.0. The molecular formula is C17H26N2O2. The van der Waals surface area contributed by atoms with Crippen LogP contribution < -0.4 is 0 Å². The van der Waals surface area contributed by atoms with E-state index in [1.54, 1.807) is 7.11 Å². The fourth-order valence-electron chi connectivity index (χ4n) is 2.51. The van der Waals surface area contributed by atoms with Crippen molar-refractivity contribution in [2.24, 2.45) is 16.3 Å². The highest BCUT2D eigenvalue weighted by molar-refractivity contribution is 5.93. The highest BCUT2D eigenvalue weighted by atomic mass is 16.5. The first-order valence-electron chi connectivity index (χ1n) is 7.53. The summed E-state index contributed by atoms with van der Waals surface area (Å²) in [7, 11) is 1.72. The second-order valence-electron chi connectivity index (χ2n) is 6.99. The van der Waals surface area contributed by atoms with Crippen molar-refractivity contribution in [2.45, 2.75) is 46.8 Å². The van der Waals surface area contributed by atoms with E-state index < -0.39 is 0 Å². The minimum Gasteiger partial charge on any atom is -0.474 e. The van der Waals surface area contributed by atoms with Crippen LogP contribution in [0.2, 0.25) is 0 Å². The van der Waals surface area contributed by atoms with Crippen molar-refractivity contribution >= 4 is 5.90 Å². The van der Waals surface area contributed by atoms with E-state index >= 15 is 0 Å². The lowest BCUT2D eigenvalue weighted by Gasteiger charge is -2.29. The molecule has 2 rings (SSSR count). The normalized spacial score (nSPS) is 20.3. The summed E-state index contributed by atoms with van der Waals surface area (Å²) in [5, 5.41) is 0. The molecule has 116 valence electrons. The zero-order chi connectivity index (χ0) is 15.6. The molecule has 2 atom stereocenters. The average molecular weight is 290 g/mol. The molecule has 0 aromatic carbocycles. The molecule has 1 aromatic heterocycles. The molecule has 4 heteroatoms. The maximum atomic E-state index is 5.71. The average Bonchev–Trinajstić information content (AvgIpc) is 2.88. The van der Waals surface area contributed by atoms with Crippen molar-refractivity contribution in [2.75, 3.05) is 13.7 Å². The van der Waals surface area contributed by atoms with Gasteiger partial charge in [-0.2, -0.15) is 0 Å². The topological polar surface area (TPSA) is 43.7 Å². The van der Waals surface area contributed by atoms with Crippen molar-refractivity contribution < 1.29 is 9.47 Å². The highest BCUT2D eigenvalue weighted by Gasteiger charge is 2.29. The van der Waals surface area contributed by atoms with E-state index in [-0.39, 0.29) is 17.6 Å². The van der Waals surface area contributed by atoms with Crippen LogP contribution in [0.4, 0.5) is 0 Å². The van der Waals surface area contributed by atoms with Gasteiger partial charge in [0.25, 0.3) is 0 Å². The predicted molar refractivity (Wildman–Crippen MR) is 84.6 cm³/mol. The zero-order valence-electron chi connectivity index (χ0n) is 13.9. The van der Waals surface area contributed by atoms with Gasteiger partial charge in [0, 0.05) is 7.11 Å². The zero-order valence-corrected chi connectivity index (χ0v) is 13.9. The Morgan fingerprint density at radius 3 is 2.52 bits per heavy atom. The van der Waals surface area contributed by atoms with Crippen molar-refractivity contribution in [3.63, 3.8) is 0 Å². The van der Waals surface area contributed by atoms with Gasteiger partial charge in [0.2, 0.25) is 5.90 Å². The Morgan fingerprint density at radius 2 is 2.00 bits per heavy atom. The lowest BCUT2D eigenvalue weighted by molar-refractivity contribution is 0.0120. The van der Waals surface area contributed by atoms with Gasteiger partial charge in [-0.3, -0.25) is 0 Å². The molecule has 0 bridgehead atoms. The summed E-state index contributed by atoms with van der Waals surface area (Å²) < 4.78 is 11.3. The Hall–Kier alpha value is -1.42. The Bertz CT molecular complexity index is 518. The summed E-state index contributed by atoms with van der Waals surface area (Å²) in [5.41, 5.74) is 1.70. The molecule has 0 radical (unpaired) electrons. The third-order valence-corrected chi connectivity index (χ3v) is 3.72. The second-order valence-corrected chi connectivity index (χ2v) is 6.99. The molecule has 0 saturated heterocycles. The Labute approximate surface area is 127 Å².